The van der Waals surface area contributed by atoms with Crippen LogP contribution in [-0.4, -0.2) is 31.1 Å². The number of piperazine rings is 1. The van der Waals surface area contributed by atoms with Gasteiger partial charge >= 0.3 is 0 Å². The van der Waals surface area contributed by atoms with Crippen molar-refractivity contribution in [1.29, 1.82) is 0 Å². The lowest BCUT2D eigenvalue weighted by molar-refractivity contribution is 0.198. The molecule has 0 saturated carbocycles. The van der Waals surface area contributed by atoms with Gasteiger partial charge in [0.25, 0.3) is 0 Å². The van der Waals surface area contributed by atoms with E-state index < -0.39 is 0 Å². The summed E-state index contributed by atoms with van der Waals surface area (Å²) in [6.07, 6.45) is 0. The van der Waals surface area contributed by atoms with Crippen molar-refractivity contribution in [3.8, 4) is 0 Å². The maximum atomic E-state index is 13.4. The average Bonchev–Trinajstić information content (AvgIpc) is 2.98. The highest BCUT2D eigenvalue weighted by molar-refractivity contribution is 7.08. The van der Waals surface area contributed by atoms with Gasteiger partial charge in [-0.15, -0.1) is 12.4 Å². The Morgan fingerprint density at radius 3 is 2.57 bits per heavy atom. The summed E-state index contributed by atoms with van der Waals surface area (Å²) < 4.78 is 13.4. The van der Waals surface area contributed by atoms with E-state index in [9.17, 15) is 4.39 Å². The van der Waals surface area contributed by atoms with E-state index in [1.54, 1.807) is 17.4 Å². The predicted octanol–water partition coefficient (Wildman–Crippen LogP) is 3.96. The van der Waals surface area contributed by atoms with Crippen LogP contribution >= 0.6 is 35.3 Å². The fourth-order valence-corrected chi connectivity index (χ4v) is 3.54. The number of rotatable bonds is 3. The summed E-state index contributed by atoms with van der Waals surface area (Å²) >= 11 is 7.64. The zero-order valence-corrected chi connectivity index (χ0v) is 13.8. The van der Waals surface area contributed by atoms with E-state index >= 15 is 0 Å². The quantitative estimate of drug-likeness (QED) is 0.904. The highest BCUT2D eigenvalue weighted by Crippen LogP contribution is 2.32. The van der Waals surface area contributed by atoms with Crippen LogP contribution in [0.1, 0.15) is 17.2 Å². The van der Waals surface area contributed by atoms with E-state index in [4.69, 9.17) is 11.6 Å². The molecule has 114 valence electrons. The van der Waals surface area contributed by atoms with Crippen molar-refractivity contribution >= 4 is 35.3 Å². The van der Waals surface area contributed by atoms with Gasteiger partial charge in [0.2, 0.25) is 0 Å². The molecule has 0 radical (unpaired) electrons. The molecule has 1 fully saturated rings. The predicted molar refractivity (Wildman–Crippen MR) is 89.3 cm³/mol. The first-order valence-electron chi connectivity index (χ1n) is 6.67. The van der Waals surface area contributed by atoms with Gasteiger partial charge in [0, 0.05) is 26.2 Å². The molecule has 1 N–H and O–H groups in total. The average molecular weight is 347 g/mol. The second-order valence-corrected chi connectivity index (χ2v) is 6.11. The summed E-state index contributed by atoms with van der Waals surface area (Å²) in [5, 5.41) is 7.79. The first kappa shape index (κ1) is 16.7. The third-order valence-electron chi connectivity index (χ3n) is 3.64. The van der Waals surface area contributed by atoms with E-state index in [-0.39, 0.29) is 29.3 Å². The summed E-state index contributed by atoms with van der Waals surface area (Å²) in [6.45, 7) is 3.93. The van der Waals surface area contributed by atoms with Crippen molar-refractivity contribution in [3.05, 3.63) is 57.0 Å². The van der Waals surface area contributed by atoms with E-state index in [0.717, 1.165) is 31.7 Å². The van der Waals surface area contributed by atoms with Crippen molar-refractivity contribution < 1.29 is 4.39 Å². The van der Waals surface area contributed by atoms with Crippen LogP contribution < -0.4 is 5.32 Å². The Labute approximate surface area is 139 Å². The van der Waals surface area contributed by atoms with E-state index in [2.05, 4.69) is 27.0 Å². The number of nitrogens with zero attached hydrogens (tertiary/aromatic N) is 1. The van der Waals surface area contributed by atoms with Crippen LogP contribution in [0.2, 0.25) is 5.02 Å². The van der Waals surface area contributed by atoms with Gasteiger partial charge in [-0.25, -0.2) is 4.39 Å². The molecule has 1 aromatic heterocycles. The van der Waals surface area contributed by atoms with E-state index in [1.165, 1.54) is 11.6 Å². The topological polar surface area (TPSA) is 15.3 Å². The van der Waals surface area contributed by atoms with Gasteiger partial charge in [-0.2, -0.15) is 11.3 Å². The van der Waals surface area contributed by atoms with E-state index in [1.807, 2.05) is 6.07 Å². The first-order chi connectivity index (χ1) is 9.75. The number of hydrogen-bond donors (Lipinski definition) is 1. The molecule has 1 aliphatic heterocycles. The molecule has 1 aliphatic rings. The van der Waals surface area contributed by atoms with Crippen LogP contribution in [0.25, 0.3) is 0 Å². The van der Waals surface area contributed by atoms with Gasteiger partial charge in [0.05, 0.1) is 11.1 Å². The summed E-state index contributed by atoms with van der Waals surface area (Å²) in [6, 6.07) is 7.34. The molecule has 1 saturated heterocycles. The van der Waals surface area contributed by atoms with Crippen LogP contribution in [0.4, 0.5) is 4.39 Å². The molecule has 2 heterocycles. The lowest BCUT2D eigenvalue weighted by Gasteiger charge is -2.35. The highest BCUT2D eigenvalue weighted by atomic mass is 35.5. The van der Waals surface area contributed by atoms with Gasteiger partial charge in [0.1, 0.15) is 5.82 Å². The largest absolute Gasteiger partial charge is 0.314 e. The van der Waals surface area contributed by atoms with Crippen molar-refractivity contribution in [1.82, 2.24) is 10.2 Å². The van der Waals surface area contributed by atoms with Crippen LogP contribution in [-0.2, 0) is 0 Å². The third-order valence-corrected chi connectivity index (χ3v) is 4.63. The van der Waals surface area contributed by atoms with Gasteiger partial charge in [-0.05, 0) is 40.1 Å². The SMILES string of the molecule is Cl.Fc1ccc([C@H](c2ccsc2)N2CCNCC2)cc1Cl. The number of halogens is 3. The highest BCUT2D eigenvalue weighted by Gasteiger charge is 2.24. The monoisotopic (exact) mass is 346 g/mol. The Morgan fingerprint density at radius 1 is 1.19 bits per heavy atom. The van der Waals surface area contributed by atoms with E-state index in [0.29, 0.717) is 0 Å². The summed E-state index contributed by atoms with van der Waals surface area (Å²) in [5.74, 6) is -0.361. The fourth-order valence-electron chi connectivity index (χ4n) is 2.67. The summed E-state index contributed by atoms with van der Waals surface area (Å²) in [4.78, 5) is 2.42. The summed E-state index contributed by atoms with van der Waals surface area (Å²) in [5.41, 5.74) is 2.30. The fraction of sp³-hybridized carbons (Fsp3) is 0.333. The lowest BCUT2D eigenvalue weighted by atomic mass is 9.99. The molecule has 0 unspecified atom stereocenters. The molecule has 0 amide bonds. The molecule has 6 heteroatoms. The Kier molecular flexibility index (Phi) is 6.02. The molecule has 0 aliphatic carbocycles. The molecule has 3 rings (SSSR count). The number of benzene rings is 1. The molecule has 1 atom stereocenters. The van der Waals surface area contributed by atoms with Crippen molar-refractivity contribution in [2.24, 2.45) is 0 Å². The maximum absolute atomic E-state index is 13.4. The Morgan fingerprint density at radius 2 is 1.95 bits per heavy atom. The van der Waals surface area contributed by atoms with Crippen molar-refractivity contribution in [3.63, 3.8) is 0 Å². The second kappa shape index (κ2) is 7.56. The van der Waals surface area contributed by atoms with Crippen LogP contribution in [0, 0.1) is 5.82 Å². The minimum atomic E-state index is -0.361. The van der Waals surface area contributed by atoms with Gasteiger partial charge < -0.3 is 5.32 Å². The number of thiophene rings is 1. The molecule has 1 aromatic carbocycles. The first-order valence-corrected chi connectivity index (χ1v) is 7.99. The second-order valence-electron chi connectivity index (χ2n) is 4.92. The molecular weight excluding hydrogens is 330 g/mol. The summed E-state index contributed by atoms with van der Waals surface area (Å²) in [7, 11) is 0. The minimum Gasteiger partial charge on any atom is -0.314 e. The molecular formula is C15H17Cl2FN2S. The number of hydrogen-bond acceptors (Lipinski definition) is 3. The van der Waals surface area contributed by atoms with Gasteiger partial charge in [-0.3, -0.25) is 4.90 Å². The van der Waals surface area contributed by atoms with Crippen LogP contribution in [0.3, 0.4) is 0 Å². The van der Waals surface area contributed by atoms with Crippen LogP contribution in [0.15, 0.2) is 35.0 Å². The van der Waals surface area contributed by atoms with Gasteiger partial charge in [0.15, 0.2) is 0 Å². The normalized spacial score (nSPS) is 17.2. The Balaban J connectivity index is 0.00000161. The Hall–Kier alpha value is -0.650. The molecule has 0 spiro atoms. The third kappa shape index (κ3) is 3.76. The Bertz CT molecular complexity index is 571. The molecule has 2 nitrogen and oxygen atoms in total. The molecule has 0 bridgehead atoms. The zero-order chi connectivity index (χ0) is 13.9. The van der Waals surface area contributed by atoms with Crippen molar-refractivity contribution in [2.45, 2.75) is 6.04 Å². The zero-order valence-electron chi connectivity index (χ0n) is 11.4. The lowest BCUT2D eigenvalue weighted by Crippen LogP contribution is -2.45. The van der Waals surface area contributed by atoms with Crippen LogP contribution in [0.5, 0.6) is 0 Å². The molecule has 21 heavy (non-hydrogen) atoms. The maximum Gasteiger partial charge on any atom is 0.141 e. The van der Waals surface area contributed by atoms with Gasteiger partial charge in [-0.1, -0.05) is 17.7 Å². The van der Waals surface area contributed by atoms with Crippen molar-refractivity contribution in [2.75, 3.05) is 26.2 Å². The smallest absolute Gasteiger partial charge is 0.141 e. The molecule has 2 aromatic rings. The number of nitrogens with one attached hydrogen (secondary N) is 1. The standard InChI is InChI=1S/C15H16ClFN2S.ClH/c16-13-9-11(1-2-14(13)17)15(12-3-8-20-10-12)19-6-4-18-5-7-19;/h1-3,8-10,15,18H,4-7H2;1H/t15-;/m1./s1. The minimum absolute atomic E-state index is 0.